The summed E-state index contributed by atoms with van der Waals surface area (Å²) in [6, 6.07) is 9.83. The Hall–Kier alpha value is -1.57. The molecule has 1 aromatic carbocycles. The van der Waals surface area contributed by atoms with Crippen molar-refractivity contribution in [3.8, 4) is 0 Å². The second-order valence-electron chi connectivity index (χ2n) is 4.67. The molecule has 0 saturated carbocycles. The number of hydrogen-bond acceptors (Lipinski definition) is 1. The van der Waals surface area contributed by atoms with Gasteiger partial charge in [0.05, 0.1) is 6.42 Å². The first kappa shape index (κ1) is 13.5. The first-order valence-electron chi connectivity index (χ1n) is 5.95. The maximum atomic E-state index is 11.0. The molecule has 0 aliphatic carbocycles. The lowest BCUT2D eigenvalue weighted by molar-refractivity contribution is -0.137. The molecule has 17 heavy (non-hydrogen) atoms. The van der Waals surface area contributed by atoms with E-state index in [-0.39, 0.29) is 18.3 Å². The summed E-state index contributed by atoms with van der Waals surface area (Å²) in [5.74, 6) is -0.178. The van der Waals surface area contributed by atoms with Crippen LogP contribution in [-0.2, 0) is 4.79 Å². The molecule has 0 bridgehead atoms. The smallest absolute Gasteiger partial charge is 0.303 e. The monoisotopic (exact) mass is 232 g/mol. The van der Waals surface area contributed by atoms with Gasteiger partial charge in [-0.1, -0.05) is 50.3 Å². The predicted molar refractivity (Wildman–Crippen MR) is 70.0 cm³/mol. The molecule has 0 fully saturated rings. The Bertz CT molecular complexity index is 368. The standard InChI is InChI=1S/C15H20O2/c1-4-13(11(2)3)14(10-15(16)17)12-8-6-5-7-9-12/h4-9,11,13-14H,1,10H2,2-3H3,(H,16,17)/t13-,14-/m0/s1. The second-order valence-corrected chi connectivity index (χ2v) is 4.67. The van der Waals surface area contributed by atoms with E-state index in [1.165, 1.54) is 0 Å². The Balaban J connectivity index is 3.02. The highest BCUT2D eigenvalue weighted by molar-refractivity contribution is 5.68. The van der Waals surface area contributed by atoms with Crippen molar-refractivity contribution >= 4 is 5.97 Å². The molecule has 1 rings (SSSR count). The molecule has 2 heteroatoms. The largest absolute Gasteiger partial charge is 0.481 e. The fraction of sp³-hybridized carbons (Fsp3) is 0.400. The van der Waals surface area contributed by atoms with E-state index in [0.29, 0.717) is 5.92 Å². The van der Waals surface area contributed by atoms with Gasteiger partial charge in [-0.3, -0.25) is 4.79 Å². The average molecular weight is 232 g/mol. The Morgan fingerprint density at radius 3 is 2.35 bits per heavy atom. The van der Waals surface area contributed by atoms with Crippen molar-refractivity contribution < 1.29 is 9.90 Å². The Morgan fingerprint density at radius 1 is 1.35 bits per heavy atom. The van der Waals surface area contributed by atoms with Crippen LogP contribution in [0.5, 0.6) is 0 Å². The number of carboxylic acids is 1. The van der Waals surface area contributed by atoms with Gasteiger partial charge in [0.1, 0.15) is 0 Å². The minimum Gasteiger partial charge on any atom is -0.481 e. The SMILES string of the molecule is C=C[C@@H](C(C)C)[C@@H](CC(=O)O)c1ccccc1. The van der Waals surface area contributed by atoms with Crippen molar-refractivity contribution in [3.05, 3.63) is 48.6 Å². The van der Waals surface area contributed by atoms with Crippen LogP contribution in [-0.4, -0.2) is 11.1 Å². The van der Waals surface area contributed by atoms with Crippen LogP contribution in [0.1, 0.15) is 31.7 Å². The highest BCUT2D eigenvalue weighted by Gasteiger charge is 2.25. The molecule has 1 N–H and O–H groups in total. The summed E-state index contributed by atoms with van der Waals surface area (Å²) in [5.41, 5.74) is 1.08. The number of benzene rings is 1. The van der Waals surface area contributed by atoms with E-state index < -0.39 is 5.97 Å². The van der Waals surface area contributed by atoms with Gasteiger partial charge in [0, 0.05) is 5.92 Å². The van der Waals surface area contributed by atoms with Crippen LogP contribution in [0.15, 0.2) is 43.0 Å². The number of carbonyl (C=O) groups is 1. The molecule has 0 radical (unpaired) electrons. The molecule has 0 spiro atoms. The quantitative estimate of drug-likeness (QED) is 0.759. The summed E-state index contributed by atoms with van der Waals surface area (Å²) in [5, 5.41) is 9.04. The summed E-state index contributed by atoms with van der Waals surface area (Å²) in [7, 11) is 0. The molecule has 1 aromatic rings. The van der Waals surface area contributed by atoms with Crippen molar-refractivity contribution in [2.45, 2.75) is 26.2 Å². The fourth-order valence-electron chi connectivity index (χ4n) is 2.27. The van der Waals surface area contributed by atoms with Gasteiger partial charge in [0.2, 0.25) is 0 Å². The third kappa shape index (κ3) is 3.74. The lowest BCUT2D eigenvalue weighted by Gasteiger charge is -2.27. The third-order valence-corrected chi connectivity index (χ3v) is 3.13. The zero-order valence-electron chi connectivity index (χ0n) is 10.5. The molecule has 0 amide bonds. The molecular formula is C15H20O2. The third-order valence-electron chi connectivity index (χ3n) is 3.13. The number of allylic oxidation sites excluding steroid dienone is 1. The van der Waals surface area contributed by atoms with E-state index in [1.807, 2.05) is 36.4 Å². The number of aliphatic carboxylic acids is 1. The number of rotatable bonds is 6. The first-order chi connectivity index (χ1) is 8.06. The topological polar surface area (TPSA) is 37.3 Å². The van der Waals surface area contributed by atoms with Gasteiger partial charge in [0.25, 0.3) is 0 Å². The van der Waals surface area contributed by atoms with Gasteiger partial charge < -0.3 is 5.11 Å². The Labute approximate surface area is 103 Å². The molecule has 0 aromatic heterocycles. The summed E-state index contributed by atoms with van der Waals surface area (Å²) in [6.45, 7) is 8.05. The molecule has 2 nitrogen and oxygen atoms in total. The summed E-state index contributed by atoms with van der Waals surface area (Å²) < 4.78 is 0. The van der Waals surface area contributed by atoms with E-state index >= 15 is 0 Å². The lowest BCUT2D eigenvalue weighted by atomic mass is 9.77. The molecule has 0 saturated heterocycles. The average Bonchev–Trinajstić information content (AvgIpc) is 2.29. The highest BCUT2D eigenvalue weighted by atomic mass is 16.4. The van der Waals surface area contributed by atoms with Crippen molar-refractivity contribution in [1.82, 2.24) is 0 Å². The highest BCUT2D eigenvalue weighted by Crippen LogP contribution is 2.33. The minimum absolute atomic E-state index is 0.00574. The summed E-state index contributed by atoms with van der Waals surface area (Å²) in [4.78, 5) is 11.0. The predicted octanol–water partition coefficient (Wildman–Crippen LogP) is 3.70. The van der Waals surface area contributed by atoms with Crippen LogP contribution >= 0.6 is 0 Å². The zero-order chi connectivity index (χ0) is 12.8. The van der Waals surface area contributed by atoms with Crippen LogP contribution in [0.2, 0.25) is 0 Å². The zero-order valence-corrected chi connectivity index (χ0v) is 10.5. The van der Waals surface area contributed by atoms with Gasteiger partial charge >= 0.3 is 5.97 Å². The molecule has 0 heterocycles. The van der Waals surface area contributed by atoms with Crippen molar-refractivity contribution in [3.63, 3.8) is 0 Å². The molecular weight excluding hydrogens is 212 g/mol. The van der Waals surface area contributed by atoms with Crippen LogP contribution in [0, 0.1) is 11.8 Å². The lowest BCUT2D eigenvalue weighted by Crippen LogP contribution is -2.19. The van der Waals surface area contributed by atoms with Gasteiger partial charge in [-0.15, -0.1) is 6.58 Å². The van der Waals surface area contributed by atoms with Crippen LogP contribution in [0.3, 0.4) is 0 Å². The van der Waals surface area contributed by atoms with Crippen LogP contribution in [0.25, 0.3) is 0 Å². The van der Waals surface area contributed by atoms with Gasteiger partial charge in [-0.25, -0.2) is 0 Å². The summed E-state index contributed by atoms with van der Waals surface area (Å²) in [6.07, 6.45) is 2.03. The molecule has 2 atom stereocenters. The maximum Gasteiger partial charge on any atom is 0.303 e. The van der Waals surface area contributed by atoms with Crippen molar-refractivity contribution in [1.29, 1.82) is 0 Å². The van der Waals surface area contributed by atoms with E-state index in [9.17, 15) is 4.79 Å². The maximum absolute atomic E-state index is 11.0. The van der Waals surface area contributed by atoms with Gasteiger partial charge in [-0.2, -0.15) is 0 Å². The Morgan fingerprint density at radius 2 is 1.94 bits per heavy atom. The van der Waals surface area contributed by atoms with Gasteiger partial charge in [-0.05, 0) is 17.4 Å². The van der Waals surface area contributed by atoms with E-state index in [2.05, 4.69) is 20.4 Å². The minimum atomic E-state index is -0.758. The fourth-order valence-corrected chi connectivity index (χ4v) is 2.27. The van der Waals surface area contributed by atoms with E-state index in [0.717, 1.165) is 5.56 Å². The molecule has 0 unspecified atom stereocenters. The second kappa shape index (κ2) is 6.24. The van der Waals surface area contributed by atoms with E-state index in [1.54, 1.807) is 0 Å². The van der Waals surface area contributed by atoms with E-state index in [4.69, 9.17) is 5.11 Å². The van der Waals surface area contributed by atoms with Crippen LogP contribution < -0.4 is 0 Å². The van der Waals surface area contributed by atoms with Crippen LogP contribution in [0.4, 0.5) is 0 Å². The number of hydrogen-bond donors (Lipinski definition) is 1. The molecule has 0 aliphatic heterocycles. The normalized spacial score (nSPS) is 14.3. The van der Waals surface area contributed by atoms with Crippen molar-refractivity contribution in [2.24, 2.45) is 11.8 Å². The Kier molecular flexibility index (Phi) is 4.95. The van der Waals surface area contributed by atoms with Crippen molar-refractivity contribution in [2.75, 3.05) is 0 Å². The van der Waals surface area contributed by atoms with Gasteiger partial charge in [0.15, 0.2) is 0 Å². The molecule has 92 valence electrons. The summed E-state index contributed by atoms with van der Waals surface area (Å²) >= 11 is 0. The molecule has 0 aliphatic rings. The number of carboxylic acid groups (broad SMARTS) is 1. The first-order valence-corrected chi connectivity index (χ1v) is 5.95.